The fourth-order valence-corrected chi connectivity index (χ4v) is 2.38. The van der Waals surface area contributed by atoms with E-state index in [4.69, 9.17) is 17.3 Å². The molecule has 5 heteroatoms. The van der Waals surface area contributed by atoms with Crippen LogP contribution in [-0.4, -0.2) is 5.92 Å². The molecular weight excluding hydrogens is 251 g/mol. The van der Waals surface area contributed by atoms with E-state index in [-0.39, 0.29) is 36.3 Å². The number of alkyl halides is 2. The molecule has 1 nitrogen and oxygen atoms in total. The fourth-order valence-electron chi connectivity index (χ4n) is 2.22. The van der Waals surface area contributed by atoms with E-state index in [2.05, 4.69) is 0 Å². The van der Waals surface area contributed by atoms with Gasteiger partial charge in [0.25, 0.3) is 0 Å². The van der Waals surface area contributed by atoms with Crippen molar-refractivity contribution in [2.75, 3.05) is 0 Å². The predicted octanol–water partition coefficient (Wildman–Crippen LogP) is 3.84. The molecule has 0 radical (unpaired) electrons. The summed E-state index contributed by atoms with van der Waals surface area (Å²) in [5.74, 6) is -3.20. The molecule has 0 aliphatic heterocycles. The van der Waals surface area contributed by atoms with E-state index >= 15 is 0 Å². The van der Waals surface area contributed by atoms with Crippen LogP contribution < -0.4 is 5.73 Å². The lowest BCUT2D eigenvalue weighted by Gasteiger charge is -2.37. The maximum Gasteiger partial charge on any atom is 0.248 e. The Bertz CT molecular complexity index is 424. The van der Waals surface area contributed by atoms with Crippen LogP contribution in [0.3, 0.4) is 0 Å². The van der Waals surface area contributed by atoms with E-state index in [0.717, 1.165) is 6.07 Å². The van der Waals surface area contributed by atoms with Crippen molar-refractivity contribution in [2.45, 2.75) is 37.1 Å². The van der Waals surface area contributed by atoms with Crippen LogP contribution in [0.25, 0.3) is 0 Å². The molecule has 0 unspecified atom stereocenters. The van der Waals surface area contributed by atoms with Crippen molar-refractivity contribution in [2.24, 2.45) is 5.73 Å². The minimum absolute atomic E-state index is 0.0819. The standard InChI is InChI=1S/C12H13ClF3N/c13-8-1-2-9(10(14)7-8)11(17)3-5-12(15,16)6-4-11/h1-2,7H,3-6,17H2. The normalized spacial score (nSPS) is 22.4. The largest absolute Gasteiger partial charge is 0.321 e. The summed E-state index contributed by atoms with van der Waals surface area (Å²) in [6, 6.07) is 4.18. The van der Waals surface area contributed by atoms with E-state index in [1.54, 1.807) is 0 Å². The van der Waals surface area contributed by atoms with Crippen LogP contribution in [0.5, 0.6) is 0 Å². The van der Waals surface area contributed by atoms with Crippen LogP contribution in [0.4, 0.5) is 13.2 Å². The summed E-state index contributed by atoms with van der Waals surface area (Å²) < 4.78 is 39.8. The Balaban J connectivity index is 2.27. The zero-order valence-corrected chi connectivity index (χ0v) is 9.91. The average molecular weight is 264 g/mol. The minimum Gasteiger partial charge on any atom is -0.321 e. The van der Waals surface area contributed by atoms with E-state index in [0.29, 0.717) is 0 Å². The molecule has 0 heterocycles. The lowest BCUT2D eigenvalue weighted by atomic mass is 9.76. The van der Waals surface area contributed by atoms with Gasteiger partial charge in [0.05, 0.1) is 0 Å². The second-order valence-electron chi connectivity index (χ2n) is 4.64. The van der Waals surface area contributed by atoms with E-state index < -0.39 is 17.3 Å². The van der Waals surface area contributed by atoms with E-state index in [1.165, 1.54) is 12.1 Å². The third-order valence-electron chi connectivity index (χ3n) is 3.34. The topological polar surface area (TPSA) is 26.0 Å². The third kappa shape index (κ3) is 2.58. The van der Waals surface area contributed by atoms with Crippen LogP contribution in [0, 0.1) is 5.82 Å². The Morgan fingerprint density at radius 2 is 1.71 bits per heavy atom. The first-order valence-corrected chi connectivity index (χ1v) is 5.82. The van der Waals surface area contributed by atoms with Crippen LogP contribution in [0.15, 0.2) is 18.2 Å². The molecule has 2 rings (SSSR count). The Labute approximate surface area is 103 Å². The van der Waals surface area contributed by atoms with Gasteiger partial charge in [0.15, 0.2) is 0 Å². The second-order valence-corrected chi connectivity index (χ2v) is 5.07. The van der Waals surface area contributed by atoms with Crippen molar-refractivity contribution in [1.29, 1.82) is 0 Å². The molecule has 0 bridgehead atoms. The minimum atomic E-state index is -2.67. The predicted molar refractivity (Wildman–Crippen MR) is 60.7 cm³/mol. The van der Waals surface area contributed by atoms with Crippen LogP contribution >= 0.6 is 11.6 Å². The number of benzene rings is 1. The van der Waals surface area contributed by atoms with Gasteiger partial charge in [-0.3, -0.25) is 0 Å². The smallest absolute Gasteiger partial charge is 0.248 e. The summed E-state index contributed by atoms with van der Waals surface area (Å²) >= 11 is 5.65. The van der Waals surface area contributed by atoms with Crippen LogP contribution in [-0.2, 0) is 5.54 Å². The number of rotatable bonds is 1. The van der Waals surface area contributed by atoms with E-state index in [1.807, 2.05) is 0 Å². The SMILES string of the molecule is NC1(c2ccc(Cl)cc2F)CCC(F)(F)CC1. The molecule has 0 atom stereocenters. The first kappa shape index (κ1) is 12.7. The van der Waals surface area contributed by atoms with Crippen molar-refractivity contribution in [1.82, 2.24) is 0 Å². The highest BCUT2D eigenvalue weighted by atomic mass is 35.5. The molecule has 0 amide bonds. The maximum atomic E-state index is 13.7. The Kier molecular flexibility index (Phi) is 3.12. The van der Waals surface area contributed by atoms with Crippen molar-refractivity contribution in [3.05, 3.63) is 34.6 Å². The van der Waals surface area contributed by atoms with Gasteiger partial charge in [-0.15, -0.1) is 0 Å². The molecule has 2 N–H and O–H groups in total. The zero-order chi connectivity index (χ0) is 12.7. The second kappa shape index (κ2) is 4.18. The van der Waals surface area contributed by atoms with Gasteiger partial charge in [-0.1, -0.05) is 17.7 Å². The molecule has 1 saturated carbocycles. The molecule has 1 aromatic carbocycles. The summed E-state index contributed by atoms with van der Waals surface area (Å²) in [5.41, 5.74) is 5.31. The summed E-state index contributed by atoms with van der Waals surface area (Å²) in [5, 5.41) is 0.274. The number of hydrogen-bond donors (Lipinski definition) is 1. The lowest BCUT2D eigenvalue weighted by molar-refractivity contribution is -0.0518. The van der Waals surface area contributed by atoms with Crippen molar-refractivity contribution in [3.63, 3.8) is 0 Å². The number of hydrogen-bond acceptors (Lipinski definition) is 1. The highest BCUT2D eigenvalue weighted by Crippen LogP contribution is 2.43. The molecule has 17 heavy (non-hydrogen) atoms. The molecular formula is C12H13ClF3N. The first-order chi connectivity index (χ1) is 7.82. The van der Waals surface area contributed by atoms with E-state index in [9.17, 15) is 13.2 Å². The molecule has 0 saturated heterocycles. The number of nitrogens with two attached hydrogens (primary N) is 1. The maximum absolute atomic E-state index is 13.7. The molecule has 1 aliphatic carbocycles. The van der Waals surface area contributed by atoms with Crippen molar-refractivity contribution < 1.29 is 13.2 Å². The Morgan fingerprint density at radius 3 is 2.24 bits per heavy atom. The van der Waals surface area contributed by atoms with Gasteiger partial charge in [0, 0.05) is 29.0 Å². The van der Waals surface area contributed by atoms with Gasteiger partial charge >= 0.3 is 0 Å². The van der Waals surface area contributed by atoms with Gasteiger partial charge in [-0.25, -0.2) is 13.2 Å². The highest BCUT2D eigenvalue weighted by Gasteiger charge is 2.43. The molecule has 1 aromatic rings. The van der Waals surface area contributed by atoms with Gasteiger partial charge < -0.3 is 5.73 Å². The van der Waals surface area contributed by atoms with Gasteiger partial charge in [0.1, 0.15) is 5.82 Å². The van der Waals surface area contributed by atoms with Gasteiger partial charge in [-0.2, -0.15) is 0 Å². The summed E-state index contributed by atoms with van der Waals surface area (Å²) in [7, 11) is 0. The molecule has 0 aromatic heterocycles. The summed E-state index contributed by atoms with van der Waals surface area (Å²) in [4.78, 5) is 0. The van der Waals surface area contributed by atoms with Crippen LogP contribution in [0.2, 0.25) is 5.02 Å². The molecule has 1 fully saturated rings. The molecule has 0 spiro atoms. The Hall–Kier alpha value is -0.740. The monoisotopic (exact) mass is 263 g/mol. The Morgan fingerprint density at radius 1 is 1.12 bits per heavy atom. The van der Waals surface area contributed by atoms with Crippen molar-refractivity contribution >= 4 is 11.6 Å². The third-order valence-corrected chi connectivity index (χ3v) is 3.58. The van der Waals surface area contributed by atoms with Crippen LogP contribution in [0.1, 0.15) is 31.2 Å². The van der Waals surface area contributed by atoms with Gasteiger partial charge in [-0.05, 0) is 25.0 Å². The summed E-state index contributed by atoms with van der Waals surface area (Å²) in [6.07, 6.45) is -0.436. The average Bonchev–Trinajstić information content (AvgIpc) is 2.23. The zero-order valence-electron chi connectivity index (χ0n) is 9.15. The molecule has 94 valence electrons. The molecule has 1 aliphatic rings. The highest BCUT2D eigenvalue weighted by molar-refractivity contribution is 6.30. The van der Waals surface area contributed by atoms with Crippen molar-refractivity contribution in [3.8, 4) is 0 Å². The van der Waals surface area contributed by atoms with Gasteiger partial charge in [0.2, 0.25) is 5.92 Å². The lowest BCUT2D eigenvalue weighted by Crippen LogP contribution is -2.44. The number of halogens is 4. The fraction of sp³-hybridized carbons (Fsp3) is 0.500. The first-order valence-electron chi connectivity index (χ1n) is 5.45. The summed E-state index contributed by atoms with van der Waals surface area (Å²) in [6.45, 7) is 0. The quantitative estimate of drug-likeness (QED) is 0.818.